The number of aliphatic carboxylic acids is 1. The number of aliphatic hydroxyl groups is 1. The molecule has 4 atom stereocenters. The number of aliphatic hydroxyl groups excluding tert-OH is 1. The van der Waals surface area contributed by atoms with E-state index >= 15 is 0 Å². The predicted molar refractivity (Wildman–Crippen MR) is 137 cm³/mol. The number of allylic oxidation sites excluding steroid dienone is 1. The van der Waals surface area contributed by atoms with Gasteiger partial charge < -0.3 is 10.2 Å². The third kappa shape index (κ3) is 11.0. The van der Waals surface area contributed by atoms with Crippen molar-refractivity contribution in [2.24, 2.45) is 23.2 Å². The summed E-state index contributed by atoms with van der Waals surface area (Å²) in [5, 5.41) is 22.9. The maximum atomic E-state index is 12.8. The Labute approximate surface area is 204 Å². The standard InChI is InChI=1S/C27H45NO4S/c1-18(10-8-12-19(2)16-23-17-33-22(5)28-23)11-9-13-20(3)25(31)21(4)26(32)27(6,7)15-14-24(29)30/h16-18,20-21,25,31H,8-15H2,1-7H3,(H,29,30). The van der Waals surface area contributed by atoms with Crippen molar-refractivity contribution in [2.45, 2.75) is 106 Å². The highest BCUT2D eigenvalue weighted by Gasteiger charge is 2.36. The van der Waals surface area contributed by atoms with Gasteiger partial charge in [-0.25, -0.2) is 4.98 Å². The van der Waals surface area contributed by atoms with Gasteiger partial charge in [0.05, 0.1) is 16.8 Å². The molecule has 4 unspecified atom stereocenters. The van der Waals surface area contributed by atoms with E-state index in [1.165, 1.54) is 18.4 Å². The number of rotatable bonds is 16. The molecule has 6 heteroatoms. The Balaban J connectivity index is 2.34. The number of aryl methyl sites for hydroxylation is 1. The quantitative estimate of drug-likeness (QED) is 0.268. The Morgan fingerprint density at radius 1 is 1.12 bits per heavy atom. The van der Waals surface area contributed by atoms with Gasteiger partial charge in [-0.2, -0.15) is 0 Å². The highest BCUT2D eigenvalue weighted by molar-refractivity contribution is 7.09. The number of carbonyl (C=O) groups excluding carboxylic acids is 1. The minimum atomic E-state index is -0.896. The van der Waals surface area contributed by atoms with Crippen LogP contribution in [0.4, 0.5) is 0 Å². The van der Waals surface area contributed by atoms with Crippen molar-refractivity contribution in [3.05, 3.63) is 21.7 Å². The first-order valence-electron chi connectivity index (χ1n) is 12.4. The Kier molecular flexibility index (Phi) is 12.5. The zero-order chi connectivity index (χ0) is 25.2. The second-order valence-electron chi connectivity index (χ2n) is 10.6. The van der Waals surface area contributed by atoms with Gasteiger partial charge in [0, 0.05) is 23.1 Å². The molecule has 1 aromatic heterocycles. The molecule has 0 spiro atoms. The molecule has 5 nitrogen and oxygen atoms in total. The average Bonchev–Trinajstić information content (AvgIpc) is 3.14. The van der Waals surface area contributed by atoms with Gasteiger partial charge in [-0.05, 0) is 57.4 Å². The third-order valence-electron chi connectivity index (χ3n) is 6.80. The van der Waals surface area contributed by atoms with Crippen LogP contribution in [-0.2, 0) is 9.59 Å². The first-order chi connectivity index (χ1) is 15.3. The molecular weight excluding hydrogens is 434 g/mol. The third-order valence-corrected chi connectivity index (χ3v) is 7.59. The highest BCUT2D eigenvalue weighted by atomic mass is 32.1. The molecule has 1 rings (SSSR count). The molecule has 0 aliphatic heterocycles. The molecule has 0 aromatic carbocycles. The van der Waals surface area contributed by atoms with Crippen LogP contribution in [0, 0.1) is 30.1 Å². The number of carboxylic acid groups (broad SMARTS) is 1. The second kappa shape index (κ2) is 14.0. The summed E-state index contributed by atoms with van der Waals surface area (Å²) < 4.78 is 0. The smallest absolute Gasteiger partial charge is 0.303 e. The van der Waals surface area contributed by atoms with Crippen molar-refractivity contribution >= 4 is 29.2 Å². The van der Waals surface area contributed by atoms with Crippen molar-refractivity contribution in [1.29, 1.82) is 0 Å². The number of hydrogen-bond acceptors (Lipinski definition) is 5. The monoisotopic (exact) mass is 479 g/mol. The van der Waals surface area contributed by atoms with Crippen LogP contribution in [0.3, 0.4) is 0 Å². The summed E-state index contributed by atoms with van der Waals surface area (Å²) in [6, 6.07) is 0. The zero-order valence-corrected chi connectivity index (χ0v) is 22.5. The lowest BCUT2D eigenvalue weighted by Gasteiger charge is -2.31. The van der Waals surface area contributed by atoms with Crippen LogP contribution in [-0.4, -0.2) is 33.1 Å². The molecule has 0 fully saturated rings. The number of thiazole rings is 1. The van der Waals surface area contributed by atoms with Crippen LogP contribution >= 0.6 is 11.3 Å². The highest BCUT2D eigenvalue weighted by Crippen LogP contribution is 2.31. The first kappa shape index (κ1) is 29.5. The van der Waals surface area contributed by atoms with Gasteiger partial charge in [0.25, 0.3) is 0 Å². The molecular formula is C27H45NO4S. The van der Waals surface area contributed by atoms with E-state index in [4.69, 9.17) is 5.11 Å². The van der Waals surface area contributed by atoms with Crippen molar-refractivity contribution in [3.63, 3.8) is 0 Å². The van der Waals surface area contributed by atoms with Gasteiger partial charge in [-0.1, -0.05) is 59.5 Å². The average molecular weight is 480 g/mol. The van der Waals surface area contributed by atoms with E-state index in [0.29, 0.717) is 12.3 Å². The number of carbonyl (C=O) groups is 2. The largest absolute Gasteiger partial charge is 0.481 e. The second-order valence-corrected chi connectivity index (χ2v) is 11.7. The lowest BCUT2D eigenvalue weighted by atomic mass is 9.74. The molecule has 0 bridgehead atoms. The summed E-state index contributed by atoms with van der Waals surface area (Å²) in [5.41, 5.74) is 1.69. The molecule has 1 heterocycles. The maximum Gasteiger partial charge on any atom is 0.303 e. The summed E-state index contributed by atoms with van der Waals surface area (Å²) in [4.78, 5) is 28.2. The van der Waals surface area contributed by atoms with Crippen LogP contribution in [0.15, 0.2) is 11.0 Å². The van der Waals surface area contributed by atoms with Gasteiger partial charge in [0.1, 0.15) is 5.78 Å². The Bertz CT molecular complexity index is 783. The number of aromatic nitrogens is 1. The number of carboxylic acids is 1. The van der Waals surface area contributed by atoms with Gasteiger partial charge >= 0.3 is 5.97 Å². The van der Waals surface area contributed by atoms with E-state index in [1.54, 1.807) is 32.1 Å². The van der Waals surface area contributed by atoms with Crippen molar-refractivity contribution < 1.29 is 19.8 Å². The van der Waals surface area contributed by atoms with Crippen LogP contribution in [0.5, 0.6) is 0 Å². The van der Waals surface area contributed by atoms with E-state index in [2.05, 4.69) is 30.3 Å². The van der Waals surface area contributed by atoms with Crippen LogP contribution in [0.2, 0.25) is 0 Å². The minimum Gasteiger partial charge on any atom is -0.481 e. The summed E-state index contributed by atoms with van der Waals surface area (Å²) >= 11 is 1.68. The first-order valence-corrected chi connectivity index (χ1v) is 13.2. The lowest BCUT2D eigenvalue weighted by molar-refractivity contribution is -0.139. The molecule has 188 valence electrons. The Morgan fingerprint density at radius 2 is 1.76 bits per heavy atom. The van der Waals surface area contributed by atoms with Gasteiger partial charge in [0.15, 0.2) is 0 Å². The molecule has 2 N–H and O–H groups in total. The normalized spacial score (nSPS) is 16.3. The van der Waals surface area contributed by atoms with Crippen molar-refractivity contribution in [2.75, 3.05) is 0 Å². The van der Waals surface area contributed by atoms with Gasteiger partial charge in [-0.15, -0.1) is 11.3 Å². The fourth-order valence-electron chi connectivity index (χ4n) is 4.41. The molecule has 0 amide bonds. The maximum absolute atomic E-state index is 12.8. The number of hydrogen-bond donors (Lipinski definition) is 2. The Hall–Kier alpha value is -1.53. The van der Waals surface area contributed by atoms with E-state index in [1.807, 2.05) is 13.8 Å². The summed E-state index contributed by atoms with van der Waals surface area (Å²) in [5.74, 6) is -0.756. The van der Waals surface area contributed by atoms with E-state index in [9.17, 15) is 14.7 Å². The summed E-state index contributed by atoms with van der Waals surface area (Å²) in [7, 11) is 0. The van der Waals surface area contributed by atoms with E-state index < -0.39 is 23.4 Å². The molecule has 33 heavy (non-hydrogen) atoms. The lowest BCUT2D eigenvalue weighted by Crippen LogP contribution is -2.39. The molecule has 0 aliphatic carbocycles. The van der Waals surface area contributed by atoms with Crippen LogP contribution in [0.25, 0.3) is 6.08 Å². The van der Waals surface area contributed by atoms with Gasteiger partial charge in [0.2, 0.25) is 0 Å². The SMILES string of the molecule is CC(=Cc1csc(C)n1)CCCC(C)CCCC(C)C(O)C(C)C(=O)C(C)(C)CCC(=O)O. The number of nitrogens with zero attached hydrogens (tertiary/aromatic N) is 1. The van der Waals surface area contributed by atoms with Crippen molar-refractivity contribution in [1.82, 2.24) is 4.98 Å². The molecule has 0 saturated heterocycles. The van der Waals surface area contributed by atoms with E-state index in [0.717, 1.165) is 36.4 Å². The molecule has 0 radical (unpaired) electrons. The molecule has 1 aromatic rings. The van der Waals surface area contributed by atoms with Crippen LogP contribution < -0.4 is 0 Å². The number of ketones is 1. The summed E-state index contributed by atoms with van der Waals surface area (Å²) in [6.07, 6.45) is 8.24. The van der Waals surface area contributed by atoms with Crippen molar-refractivity contribution in [3.8, 4) is 0 Å². The minimum absolute atomic E-state index is 0.0329. The summed E-state index contributed by atoms with van der Waals surface area (Å²) in [6.45, 7) is 13.8. The van der Waals surface area contributed by atoms with Crippen LogP contribution in [0.1, 0.15) is 104 Å². The number of Topliss-reactive ketones (excluding diaryl/α,β-unsaturated/α-hetero) is 1. The van der Waals surface area contributed by atoms with E-state index in [-0.39, 0.29) is 18.1 Å². The predicted octanol–water partition coefficient (Wildman–Crippen LogP) is 6.92. The zero-order valence-electron chi connectivity index (χ0n) is 21.7. The molecule has 0 saturated carbocycles. The Morgan fingerprint density at radius 3 is 2.33 bits per heavy atom. The fourth-order valence-corrected chi connectivity index (χ4v) is 4.98. The topological polar surface area (TPSA) is 87.5 Å². The van der Waals surface area contributed by atoms with Gasteiger partial charge in [-0.3, -0.25) is 9.59 Å². The molecule has 0 aliphatic rings. The fraction of sp³-hybridized carbons (Fsp3) is 0.741.